The van der Waals surface area contributed by atoms with Crippen molar-refractivity contribution in [2.75, 3.05) is 13.1 Å². The lowest BCUT2D eigenvalue weighted by molar-refractivity contribution is -0.138. The van der Waals surface area contributed by atoms with Gasteiger partial charge in [0.2, 0.25) is 5.91 Å². The first-order valence-electron chi connectivity index (χ1n) is 11.7. The fourth-order valence-electron chi connectivity index (χ4n) is 6.49. The van der Waals surface area contributed by atoms with Crippen molar-refractivity contribution in [3.63, 3.8) is 0 Å². The van der Waals surface area contributed by atoms with Crippen LogP contribution in [0.5, 0.6) is 0 Å². The highest BCUT2D eigenvalue weighted by atomic mass is 28.4. The number of piperidine rings is 1. The van der Waals surface area contributed by atoms with Crippen LogP contribution in [0.15, 0.2) is 24.3 Å². The van der Waals surface area contributed by atoms with Crippen molar-refractivity contribution in [1.82, 2.24) is 4.90 Å². The molecule has 29 heavy (non-hydrogen) atoms. The van der Waals surface area contributed by atoms with Crippen LogP contribution in [-0.2, 0) is 11.3 Å². The highest BCUT2D eigenvalue weighted by Gasteiger charge is 2.48. The number of fused-ring (bicyclic) bond motifs is 1. The lowest BCUT2D eigenvalue weighted by Gasteiger charge is -2.40. The van der Waals surface area contributed by atoms with Crippen LogP contribution in [0.2, 0.25) is 18.6 Å². The van der Waals surface area contributed by atoms with Crippen LogP contribution in [0.1, 0.15) is 62.0 Å². The maximum absolute atomic E-state index is 13.3. The molecule has 3 fully saturated rings. The standard InChI is InChI=1S/C24H38N2O2Si/c1-29(2,28)23-9-8-19-6-7-21(15-22(19)23)24(27)26-12-10-18(11-13-26)20-5-3-4-17(14-20)16-25/h3-5,14,18-19,21-23,28H,6-13,15-16,25H2,1-2H3. The smallest absolute Gasteiger partial charge is 0.225 e. The Morgan fingerprint density at radius 3 is 2.55 bits per heavy atom. The van der Waals surface area contributed by atoms with Gasteiger partial charge in [0.15, 0.2) is 8.32 Å². The summed E-state index contributed by atoms with van der Waals surface area (Å²) in [5.74, 6) is 2.46. The van der Waals surface area contributed by atoms with E-state index in [1.54, 1.807) is 0 Å². The first kappa shape index (κ1) is 21.1. The Morgan fingerprint density at radius 2 is 1.86 bits per heavy atom. The Morgan fingerprint density at radius 1 is 1.14 bits per heavy atom. The molecular weight excluding hydrogens is 376 g/mol. The van der Waals surface area contributed by atoms with E-state index in [9.17, 15) is 9.59 Å². The van der Waals surface area contributed by atoms with Crippen molar-refractivity contribution >= 4 is 14.2 Å². The van der Waals surface area contributed by atoms with E-state index in [2.05, 4.69) is 42.3 Å². The number of amides is 1. The molecule has 4 atom stereocenters. The van der Waals surface area contributed by atoms with E-state index < -0.39 is 8.32 Å². The van der Waals surface area contributed by atoms with Crippen LogP contribution in [0.25, 0.3) is 0 Å². The summed E-state index contributed by atoms with van der Waals surface area (Å²) in [4.78, 5) is 26.2. The predicted octanol–water partition coefficient (Wildman–Crippen LogP) is 4.25. The molecule has 4 rings (SSSR count). The van der Waals surface area contributed by atoms with Gasteiger partial charge in [-0.1, -0.05) is 37.1 Å². The third kappa shape index (κ3) is 4.47. The number of carbonyl (C=O) groups is 1. The average molecular weight is 415 g/mol. The fourth-order valence-corrected chi connectivity index (χ4v) is 8.82. The van der Waals surface area contributed by atoms with Gasteiger partial charge in [-0.2, -0.15) is 0 Å². The van der Waals surface area contributed by atoms with E-state index in [4.69, 9.17) is 5.73 Å². The SMILES string of the molecule is C[Si](C)(O)C1CCC2CCC(C(=O)N3CCC(c4cccc(CN)c4)CC3)CC21. The van der Waals surface area contributed by atoms with Gasteiger partial charge in [0, 0.05) is 25.6 Å². The van der Waals surface area contributed by atoms with Crippen LogP contribution in [0, 0.1) is 17.8 Å². The lowest BCUT2D eigenvalue weighted by Crippen LogP contribution is -2.44. The van der Waals surface area contributed by atoms with Gasteiger partial charge in [-0.15, -0.1) is 0 Å². The van der Waals surface area contributed by atoms with E-state index in [1.807, 2.05) is 0 Å². The molecule has 4 nitrogen and oxygen atoms in total. The van der Waals surface area contributed by atoms with Crippen molar-refractivity contribution in [3.05, 3.63) is 35.4 Å². The summed E-state index contributed by atoms with van der Waals surface area (Å²) in [6.45, 7) is 6.53. The van der Waals surface area contributed by atoms with E-state index in [-0.39, 0.29) is 5.92 Å². The van der Waals surface area contributed by atoms with E-state index >= 15 is 0 Å². The van der Waals surface area contributed by atoms with Crippen LogP contribution < -0.4 is 5.73 Å². The summed E-state index contributed by atoms with van der Waals surface area (Å²) in [7, 11) is -2.12. The Kier molecular flexibility index (Phi) is 6.19. The summed E-state index contributed by atoms with van der Waals surface area (Å²) in [6.07, 6.45) is 7.81. The molecular formula is C24H38N2O2Si. The van der Waals surface area contributed by atoms with Gasteiger partial charge in [0.1, 0.15) is 0 Å². The van der Waals surface area contributed by atoms with Gasteiger partial charge in [-0.3, -0.25) is 4.79 Å². The maximum atomic E-state index is 13.3. The molecule has 0 radical (unpaired) electrons. The van der Waals surface area contributed by atoms with Crippen LogP contribution in [0.4, 0.5) is 0 Å². The van der Waals surface area contributed by atoms with E-state index in [0.29, 0.717) is 29.8 Å². The monoisotopic (exact) mass is 414 g/mol. The second-order valence-corrected chi connectivity index (χ2v) is 14.4. The highest BCUT2D eigenvalue weighted by Crippen LogP contribution is 2.53. The van der Waals surface area contributed by atoms with Crippen molar-refractivity contribution in [1.29, 1.82) is 0 Å². The molecule has 3 N–H and O–H groups in total. The Hall–Kier alpha value is -1.17. The van der Waals surface area contributed by atoms with Gasteiger partial charge >= 0.3 is 0 Å². The molecule has 1 aromatic carbocycles. The lowest BCUT2D eigenvalue weighted by atomic mass is 9.75. The third-order valence-electron chi connectivity index (χ3n) is 8.13. The Bertz CT molecular complexity index is 724. The topological polar surface area (TPSA) is 66.6 Å². The number of nitrogens with two attached hydrogens (primary N) is 1. The molecule has 4 unspecified atom stereocenters. The molecule has 1 saturated heterocycles. The number of nitrogens with zero attached hydrogens (tertiary/aromatic N) is 1. The number of hydrogen-bond donors (Lipinski definition) is 2. The molecule has 1 heterocycles. The van der Waals surface area contributed by atoms with Crippen molar-refractivity contribution < 1.29 is 9.59 Å². The van der Waals surface area contributed by atoms with Gasteiger partial charge < -0.3 is 15.4 Å². The van der Waals surface area contributed by atoms with Gasteiger partial charge in [-0.05, 0) is 79.6 Å². The van der Waals surface area contributed by atoms with E-state index in [0.717, 1.165) is 44.7 Å². The first-order chi connectivity index (χ1) is 13.9. The maximum Gasteiger partial charge on any atom is 0.225 e. The zero-order valence-corrected chi connectivity index (χ0v) is 19.1. The molecule has 0 aromatic heterocycles. The quantitative estimate of drug-likeness (QED) is 0.724. The largest absolute Gasteiger partial charge is 0.432 e. The van der Waals surface area contributed by atoms with E-state index in [1.165, 1.54) is 30.4 Å². The predicted molar refractivity (Wildman–Crippen MR) is 120 cm³/mol. The molecule has 1 amide bonds. The third-order valence-corrected chi connectivity index (χ3v) is 10.7. The molecule has 1 aromatic rings. The molecule has 3 aliphatic rings. The molecule has 2 saturated carbocycles. The Labute approximate surface area is 177 Å². The van der Waals surface area contributed by atoms with Crippen molar-refractivity contribution in [2.24, 2.45) is 23.5 Å². The minimum Gasteiger partial charge on any atom is -0.432 e. The van der Waals surface area contributed by atoms with Gasteiger partial charge in [0.05, 0.1) is 0 Å². The number of hydrogen-bond acceptors (Lipinski definition) is 3. The zero-order valence-electron chi connectivity index (χ0n) is 18.1. The summed E-state index contributed by atoms with van der Waals surface area (Å²) in [5.41, 5.74) is 8.86. The molecule has 5 heteroatoms. The minimum atomic E-state index is -2.12. The molecule has 160 valence electrons. The molecule has 2 aliphatic carbocycles. The van der Waals surface area contributed by atoms with Gasteiger partial charge in [0.25, 0.3) is 0 Å². The van der Waals surface area contributed by atoms with Crippen LogP contribution in [-0.4, -0.2) is 37.0 Å². The summed E-state index contributed by atoms with van der Waals surface area (Å²) in [5, 5.41) is 0. The average Bonchev–Trinajstić information content (AvgIpc) is 3.17. The second kappa shape index (κ2) is 8.52. The number of rotatable bonds is 4. The number of benzene rings is 1. The summed E-state index contributed by atoms with van der Waals surface area (Å²) in [6, 6.07) is 8.65. The zero-order chi connectivity index (χ0) is 20.6. The minimum absolute atomic E-state index is 0.185. The van der Waals surface area contributed by atoms with Gasteiger partial charge in [-0.25, -0.2) is 0 Å². The Balaban J connectivity index is 1.35. The molecule has 0 bridgehead atoms. The van der Waals surface area contributed by atoms with Crippen LogP contribution >= 0.6 is 0 Å². The fraction of sp³-hybridized carbons (Fsp3) is 0.708. The molecule has 1 aliphatic heterocycles. The highest BCUT2D eigenvalue weighted by molar-refractivity contribution is 6.71. The van der Waals surface area contributed by atoms with Crippen molar-refractivity contribution in [3.8, 4) is 0 Å². The van der Waals surface area contributed by atoms with Crippen LogP contribution in [0.3, 0.4) is 0 Å². The summed E-state index contributed by atoms with van der Waals surface area (Å²) < 4.78 is 0. The number of carbonyl (C=O) groups excluding carboxylic acids is 1. The number of likely N-dealkylation sites (tertiary alicyclic amines) is 1. The second-order valence-electron chi connectivity index (χ2n) is 10.3. The van der Waals surface area contributed by atoms with Crippen molar-refractivity contribution in [2.45, 2.75) is 76.0 Å². The summed E-state index contributed by atoms with van der Waals surface area (Å²) >= 11 is 0. The normalized spacial score (nSPS) is 31.0. The molecule has 0 spiro atoms. The first-order valence-corrected chi connectivity index (χ1v) is 14.7.